The Morgan fingerprint density at radius 2 is 2.20 bits per heavy atom. The Morgan fingerprint density at radius 3 is 2.85 bits per heavy atom. The molecule has 0 radical (unpaired) electrons. The fourth-order valence-electron chi connectivity index (χ4n) is 3.18. The zero-order valence-electron chi connectivity index (χ0n) is 13.0. The van der Waals surface area contributed by atoms with E-state index in [2.05, 4.69) is 42.3 Å². The highest BCUT2D eigenvalue weighted by Gasteiger charge is 2.22. The van der Waals surface area contributed by atoms with E-state index in [1.54, 1.807) is 0 Å². The standard InChI is InChI=1S/C17H27ClN2/c1-4-7-14-8-5-6-11-20(14)15-9-10-16(13(2)19-3)17(18)12-15/h9-10,12-14,19H,4-8,11H2,1-3H3. The first kappa shape index (κ1) is 15.7. The van der Waals surface area contributed by atoms with Crippen molar-refractivity contribution >= 4 is 17.3 Å². The molecule has 112 valence electrons. The maximum Gasteiger partial charge on any atom is 0.0474 e. The van der Waals surface area contributed by atoms with Crippen LogP contribution in [-0.2, 0) is 0 Å². The fourth-order valence-corrected chi connectivity index (χ4v) is 3.51. The first-order valence-corrected chi connectivity index (χ1v) is 8.28. The molecule has 0 spiro atoms. The highest BCUT2D eigenvalue weighted by atomic mass is 35.5. The number of hydrogen-bond acceptors (Lipinski definition) is 2. The van der Waals surface area contributed by atoms with Crippen molar-refractivity contribution in [3.05, 3.63) is 28.8 Å². The number of benzene rings is 1. The Hall–Kier alpha value is -0.730. The van der Waals surface area contributed by atoms with Crippen LogP contribution >= 0.6 is 11.6 Å². The van der Waals surface area contributed by atoms with Crippen LogP contribution in [0.4, 0.5) is 5.69 Å². The summed E-state index contributed by atoms with van der Waals surface area (Å²) in [6, 6.07) is 7.56. The molecule has 1 heterocycles. The molecule has 20 heavy (non-hydrogen) atoms. The van der Waals surface area contributed by atoms with Gasteiger partial charge in [0.25, 0.3) is 0 Å². The lowest BCUT2D eigenvalue weighted by atomic mass is 9.97. The maximum atomic E-state index is 6.48. The number of nitrogens with one attached hydrogen (secondary N) is 1. The zero-order valence-corrected chi connectivity index (χ0v) is 13.7. The van der Waals surface area contributed by atoms with Gasteiger partial charge in [-0.05, 0) is 57.4 Å². The summed E-state index contributed by atoms with van der Waals surface area (Å²) in [5, 5.41) is 4.13. The average molecular weight is 295 g/mol. The van der Waals surface area contributed by atoms with Crippen molar-refractivity contribution < 1.29 is 0 Å². The molecular weight excluding hydrogens is 268 g/mol. The highest BCUT2D eigenvalue weighted by Crippen LogP contribution is 2.32. The number of hydrogen-bond donors (Lipinski definition) is 1. The molecule has 2 nitrogen and oxygen atoms in total. The summed E-state index contributed by atoms with van der Waals surface area (Å²) in [6.07, 6.45) is 6.52. The minimum Gasteiger partial charge on any atom is -0.369 e. The Balaban J connectivity index is 2.21. The summed E-state index contributed by atoms with van der Waals surface area (Å²) in [7, 11) is 1.97. The van der Waals surface area contributed by atoms with Crippen LogP contribution in [0.5, 0.6) is 0 Å². The van der Waals surface area contributed by atoms with Gasteiger partial charge in [-0.2, -0.15) is 0 Å². The van der Waals surface area contributed by atoms with Gasteiger partial charge in [0, 0.05) is 29.3 Å². The summed E-state index contributed by atoms with van der Waals surface area (Å²) in [4.78, 5) is 2.56. The second-order valence-electron chi connectivity index (χ2n) is 5.85. The molecule has 2 unspecified atom stereocenters. The van der Waals surface area contributed by atoms with Crippen LogP contribution in [0.15, 0.2) is 18.2 Å². The van der Waals surface area contributed by atoms with Crippen molar-refractivity contribution in [2.75, 3.05) is 18.5 Å². The third-order valence-electron chi connectivity index (χ3n) is 4.46. The van der Waals surface area contributed by atoms with Crippen LogP contribution in [0.2, 0.25) is 5.02 Å². The van der Waals surface area contributed by atoms with Crippen molar-refractivity contribution in [1.82, 2.24) is 5.32 Å². The van der Waals surface area contributed by atoms with Crippen LogP contribution < -0.4 is 10.2 Å². The maximum absolute atomic E-state index is 6.48. The Kier molecular flexibility index (Phi) is 5.74. The summed E-state index contributed by atoms with van der Waals surface area (Å²) >= 11 is 6.48. The Morgan fingerprint density at radius 1 is 1.40 bits per heavy atom. The van der Waals surface area contributed by atoms with Gasteiger partial charge >= 0.3 is 0 Å². The van der Waals surface area contributed by atoms with E-state index in [4.69, 9.17) is 11.6 Å². The van der Waals surface area contributed by atoms with Gasteiger partial charge in [-0.3, -0.25) is 0 Å². The van der Waals surface area contributed by atoms with Crippen molar-refractivity contribution in [3.63, 3.8) is 0 Å². The van der Waals surface area contributed by atoms with Crippen LogP contribution in [0.1, 0.15) is 57.6 Å². The molecule has 1 saturated heterocycles. The molecule has 2 rings (SSSR count). The molecule has 0 aliphatic carbocycles. The molecule has 2 atom stereocenters. The van der Waals surface area contributed by atoms with Gasteiger partial charge in [0.15, 0.2) is 0 Å². The predicted molar refractivity (Wildman–Crippen MR) is 88.8 cm³/mol. The first-order valence-electron chi connectivity index (χ1n) is 7.90. The Labute approximate surface area is 128 Å². The molecule has 1 fully saturated rings. The second-order valence-corrected chi connectivity index (χ2v) is 6.26. The van der Waals surface area contributed by atoms with Gasteiger partial charge in [-0.1, -0.05) is 31.0 Å². The summed E-state index contributed by atoms with van der Waals surface area (Å²) in [5.74, 6) is 0. The quantitative estimate of drug-likeness (QED) is 0.841. The molecule has 1 aliphatic rings. The van der Waals surface area contributed by atoms with E-state index in [9.17, 15) is 0 Å². The van der Waals surface area contributed by atoms with Crippen LogP contribution in [-0.4, -0.2) is 19.6 Å². The third kappa shape index (κ3) is 3.48. The van der Waals surface area contributed by atoms with Crippen LogP contribution in [0.25, 0.3) is 0 Å². The molecule has 0 aromatic heterocycles. The lowest BCUT2D eigenvalue weighted by Gasteiger charge is -2.38. The van der Waals surface area contributed by atoms with E-state index in [1.165, 1.54) is 49.9 Å². The SMILES string of the molecule is CCCC1CCCCN1c1ccc(C(C)NC)c(Cl)c1. The summed E-state index contributed by atoms with van der Waals surface area (Å²) in [5.41, 5.74) is 2.47. The van der Waals surface area contributed by atoms with Crippen LogP contribution in [0.3, 0.4) is 0 Å². The number of anilines is 1. The summed E-state index contributed by atoms with van der Waals surface area (Å²) in [6.45, 7) is 5.58. The van der Waals surface area contributed by atoms with E-state index in [-0.39, 0.29) is 0 Å². The topological polar surface area (TPSA) is 15.3 Å². The minimum atomic E-state index is 0.296. The number of piperidine rings is 1. The molecule has 0 bridgehead atoms. The average Bonchev–Trinajstić information content (AvgIpc) is 2.47. The van der Waals surface area contributed by atoms with E-state index in [1.807, 2.05) is 7.05 Å². The van der Waals surface area contributed by atoms with Gasteiger partial charge in [0.05, 0.1) is 0 Å². The molecule has 0 saturated carbocycles. The monoisotopic (exact) mass is 294 g/mol. The van der Waals surface area contributed by atoms with Crippen molar-refractivity contribution in [1.29, 1.82) is 0 Å². The van der Waals surface area contributed by atoms with Gasteiger partial charge < -0.3 is 10.2 Å². The smallest absolute Gasteiger partial charge is 0.0474 e. The molecule has 1 aromatic carbocycles. The molecule has 3 heteroatoms. The van der Waals surface area contributed by atoms with E-state index in [0.717, 1.165) is 5.02 Å². The van der Waals surface area contributed by atoms with Gasteiger partial charge in [0.1, 0.15) is 0 Å². The lowest BCUT2D eigenvalue weighted by molar-refractivity contribution is 0.435. The number of halogens is 1. The summed E-state index contributed by atoms with van der Waals surface area (Å²) < 4.78 is 0. The van der Waals surface area contributed by atoms with Gasteiger partial charge in [-0.15, -0.1) is 0 Å². The Bertz CT molecular complexity index is 431. The van der Waals surface area contributed by atoms with Crippen LogP contribution in [0, 0.1) is 0 Å². The minimum absolute atomic E-state index is 0.296. The molecule has 0 amide bonds. The predicted octanol–water partition coefficient (Wildman–Crippen LogP) is 4.78. The number of nitrogens with zero attached hydrogens (tertiary/aromatic N) is 1. The van der Waals surface area contributed by atoms with Crippen molar-refractivity contribution in [3.8, 4) is 0 Å². The molecule has 1 aliphatic heterocycles. The fraction of sp³-hybridized carbons (Fsp3) is 0.647. The second kappa shape index (κ2) is 7.33. The normalized spacial score (nSPS) is 21.0. The van der Waals surface area contributed by atoms with E-state index in [0.29, 0.717) is 12.1 Å². The molecule has 1 aromatic rings. The molecule has 1 N–H and O–H groups in total. The first-order chi connectivity index (χ1) is 9.67. The van der Waals surface area contributed by atoms with E-state index >= 15 is 0 Å². The highest BCUT2D eigenvalue weighted by molar-refractivity contribution is 6.31. The van der Waals surface area contributed by atoms with E-state index < -0.39 is 0 Å². The van der Waals surface area contributed by atoms with Gasteiger partial charge in [0.2, 0.25) is 0 Å². The van der Waals surface area contributed by atoms with Crippen molar-refractivity contribution in [2.45, 2.75) is 58.0 Å². The lowest BCUT2D eigenvalue weighted by Crippen LogP contribution is -2.39. The van der Waals surface area contributed by atoms with Gasteiger partial charge in [-0.25, -0.2) is 0 Å². The number of rotatable bonds is 5. The largest absolute Gasteiger partial charge is 0.369 e. The zero-order chi connectivity index (χ0) is 14.5. The molecular formula is C17H27ClN2. The third-order valence-corrected chi connectivity index (χ3v) is 4.79. The van der Waals surface area contributed by atoms with Crippen molar-refractivity contribution in [2.24, 2.45) is 0 Å².